The molecule has 0 aliphatic carbocycles. The van der Waals surface area contributed by atoms with Gasteiger partial charge in [-0.05, 0) is 38.3 Å². The van der Waals surface area contributed by atoms with Crippen molar-refractivity contribution >= 4 is 11.6 Å². The summed E-state index contributed by atoms with van der Waals surface area (Å²) < 4.78 is 0. The SMILES string of the molecule is CC(C)(O)CCc1ccccc1Cl. The van der Waals surface area contributed by atoms with Gasteiger partial charge in [-0.3, -0.25) is 0 Å². The fourth-order valence-corrected chi connectivity index (χ4v) is 1.37. The van der Waals surface area contributed by atoms with Crippen LogP contribution in [0.3, 0.4) is 0 Å². The van der Waals surface area contributed by atoms with Crippen molar-refractivity contribution in [3.05, 3.63) is 34.9 Å². The second-order valence-electron chi connectivity index (χ2n) is 3.90. The highest BCUT2D eigenvalue weighted by Gasteiger charge is 2.12. The third-order valence-corrected chi connectivity index (χ3v) is 2.33. The molecule has 0 aromatic heterocycles. The van der Waals surface area contributed by atoms with E-state index in [1.54, 1.807) is 0 Å². The summed E-state index contributed by atoms with van der Waals surface area (Å²) in [7, 11) is 0. The number of benzene rings is 1. The summed E-state index contributed by atoms with van der Waals surface area (Å²) in [5, 5.41) is 10.3. The van der Waals surface area contributed by atoms with E-state index in [0.717, 1.165) is 23.4 Å². The van der Waals surface area contributed by atoms with Crippen molar-refractivity contribution in [2.75, 3.05) is 0 Å². The molecule has 1 aromatic rings. The van der Waals surface area contributed by atoms with E-state index < -0.39 is 5.60 Å². The molecule has 0 bridgehead atoms. The standard InChI is InChI=1S/C11H15ClO/c1-11(2,13)8-7-9-5-3-4-6-10(9)12/h3-6,13H,7-8H2,1-2H3. The van der Waals surface area contributed by atoms with E-state index in [1.807, 2.05) is 38.1 Å². The van der Waals surface area contributed by atoms with Gasteiger partial charge in [0.05, 0.1) is 5.60 Å². The Morgan fingerprint density at radius 2 is 1.92 bits per heavy atom. The van der Waals surface area contributed by atoms with E-state index in [0.29, 0.717) is 0 Å². The highest BCUT2D eigenvalue weighted by molar-refractivity contribution is 6.31. The van der Waals surface area contributed by atoms with E-state index in [-0.39, 0.29) is 0 Å². The fourth-order valence-electron chi connectivity index (χ4n) is 1.14. The predicted molar refractivity (Wildman–Crippen MR) is 56.1 cm³/mol. The van der Waals surface area contributed by atoms with E-state index in [4.69, 9.17) is 11.6 Å². The Bertz CT molecular complexity index is 276. The minimum atomic E-state index is -0.612. The van der Waals surface area contributed by atoms with Gasteiger partial charge in [-0.25, -0.2) is 0 Å². The maximum Gasteiger partial charge on any atom is 0.0594 e. The third-order valence-electron chi connectivity index (χ3n) is 1.96. The van der Waals surface area contributed by atoms with Crippen LogP contribution < -0.4 is 0 Å². The minimum absolute atomic E-state index is 0.612. The molecule has 1 aromatic carbocycles. The van der Waals surface area contributed by atoms with Crippen molar-refractivity contribution in [3.8, 4) is 0 Å². The van der Waals surface area contributed by atoms with Crippen molar-refractivity contribution in [2.45, 2.75) is 32.3 Å². The highest BCUT2D eigenvalue weighted by Crippen LogP contribution is 2.19. The summed E-state index contributed by atoms with van der Waals surface area (Å²) in [6.07, 6.45) is 1.56. The van der Waals surface area contributed by atoms with Crippen molar-refractivity contribution in [3.63, 3.8) is 0 Å². The molecule has 0 spiro atoms. The van der Waals surface area contributed by atoms with Crippen LogP contribution >= 0.6 is 11.6 Å². The lowest BCUT2D eigenvalue weighted by molar-refractivity contribution is 0.0714. The Balaban J connectivity index is 2.60. The first-order chi connectivity index (χ1) is 5.99. The van der Waals surface area contributed by atoms with Crippen LogP contribution in [0.2, 0.25) is 5.02 Å². The van der Waals surface area contributed by atoms with Gasteiger partial charge in [0.15, 0.2) is 0 Å². The molecule has 0 aliphatic rings. The second kappa shape index (κ2) is 4.12. The fraction of sp³-hybridized carbons (Fsp3) is 0.455. The third kappa shape index (κ3) is 3.79. The van der Waals surface area contributed by atoms with Gasteiger partial charge in [0.1, 0.15) is 0 Å². The van der Waals surface area contributed by atoms with Crippen LogP contribution in [0.15, 0.2) is 24.3 Å². The van der Waals surface area contributed by atoms with E-state index >= 15 is 0 Å². The molecule has 72 valence electrons. The molecule has 0 radical (unpaired) electrons. The van der Waals surface area contributed by atoms with Crippen LogP contribution in [0.25, 0.3) is 0 Å². The predicted octanol–water partition coefficient (Wildman–Crippen LogP) is 3.04. The number of halogens is 1. The topological polar surface area (TPSA) is 20.2 Å². The molecular weight excluding hydrogens is 184 g/mol. The van der Waals surface area contributed by atoms with Crippen LogP contribution in [-0.4, -0.2) is 10.7 Å². The van der Waals surface area contributed by atoms with Crippen molar-refractivity contribution in [2.24, 2.45) is 0 Å². The van der Waals surface area contributed by atoms with Gasteiger partial charge >= 0.3 is 0 Å². The Labute approximate surface area is 84.4 Å². The smallest absolute Gasteiger partial charge is 0.0594 e. The lowest BCUT2D eigenvalue weighted by Crippen LogP contribution is -2.19. The molecule has 1 nitrogen and oxygen atoms in total. The minimum Gasteiger partial charge on any atom is -0.390 e. The lowest BCUT2D eigenvalue weighted by atomic mass is 9.99. The molecule has 0 unspecified atom stereocenters. The van der Waals surface area contributed by atoms with Crippen molar-refractivity contribution < 1.29 is 5.11 Å². The summed E-state index contributed by atoms with van der Waals surface area (Å²) in [5.41, 5.74) is 0.491. The van der Waals surface area contributed by atoms with Crippen LogP contribution in [0.5, 0.6) is 0 Å². The van der Waals surface area contributed by atoms with Gasteiger partial charge < -0.3 is 5.11 Å². The van der Waals surface area contributed by atoms with Gasteiger partial charge in [0, 0.05) is 5.02 Å². The van der Waals surface area contributed by atoms with Gasteiger partial charge in [-0.15, -0.1) is 0 Å². The van der Waals surface area contributed by atoms with Gasteiger partial charge in [-0.1, -0.05) is 29.8 Å². The summed E-state index contributed by atoms with van der Waals surface area (Å²) in [4.78, 5) is 0. The summed E-state index contributed by atoms with van der Waals surface area (Å²) >= 11 is 5.97. The first kappa shape index (κ1) is 10.6. The summed E-state index contributed by atoms with van der Waals surface area (Å²) in [6, 6.07) is 7.75. The van der Waals surface area contributed by atoms with E-state index in [9.17, 15) is 5.11 Å². The monoisotopic (exact) mass is 198 g/mol. The van der Waals surface area contributed by atoms with Crippen LogP contribution in [-0.2, 0) is 6.42 Å². The second-order valence-corrected chi connectivity index (χ2v) is 4.31. The zero-order chi connectivity index (χ0) is 9.90. The summed E-state index contributed by atoms with van der Waals surface area (Å²) in [6.45, 7) is 3.62. The maximum atomic E-state index is 9.53. The largest absolute Gasteiger partial charge is 0.390 e. The molecule has 0 amide bonds. The van der Waals surface area contributed by atoms with Crippen LogP contribution in [0, 0.1) is 0 Å². The van der Waals surface area contributed by atoms with Crippen molar-refractivity contribution in [1.29, 1.82) is 0 Å². The molecule has 0 atom stereocenters. The molecule has 1 N–H and O–H groups in total. The first-order valence-electron chi connectivity index (χ1n) is 4.45. The van der Waals surface area contributed by atoms with E-state index in [1.165, 1.54) is 0 Å². The molecule has 2 heteroatoms. The Kier molecular flexibility index (Phi) is 3.34. The number of hydrogen-bond donors (Lipinski definition) is 1. The molecule has 0 aliphatic heterocycles. The number of aliphatic hydroxyl groups is 1. The Hall–Kier alpha value is -0.530. The molecule has 0 fully saturated rings. The Morgan fingerprint density at radius 3 is 2.46 bits per heavy atom. The zero-order valence-electron chi connectivity index (χ0n) is 8.05. The highest BCUT2D eigenvalue weighted by atomic mass is 35.5. The average Bonchev–Trinajstić information content (AvgIpc) is 2.01. The van der Waals surface area contributed by atoms with Crippen molar-refractivity contribution in [1.82, 2.24) is 0 Å². The first-order valence-corrected chi connectivity index (χ1v) is 4.83. The molecule has 13 heavy (non-hydrogen) atoms. The number of hydrogen-bond acceptors (Lipinski definition) is 1. The quantitative estimate of drug-likeness (QED) is 0.792. The number of aryl methyl sites for hydroxylation is 1. The maximum absolute atomic E-state index is 9.53. The molecule has 0 heterocycles. The molecule has 1 rings (SSSR count). The molecular formula is C11H15ClO. The zero-order valence-corrected chi connectivity index (χ0v) is 8.80. The molecule has 0 saturated carbocycles. The average molecular weight is 199 g/mol. The van der Waals surface area contributed by atoms with Crippen LogP contribution in [0.4, 0.5) is 0 Å². The summed E-state index contributed by atoms with van der Waals surface area (Å²) in [5.74, 6) is 0. The normalized spacial score (nSPS) is 11.7. The number of rotatable bonds is 3. The lowest BCUT2D eigenvalue weighted by Gasteiger charge is -2.16. The molecule has 0 saturated heterocycles. The van der Waals surface area contributed by atoms with E-state index in [2.05, 4.69) is 0 Å². The van der Waals surface area contributed by atoms with Crippen LogP contribution in [0.1, 0.15) is 25.8 Å². The van der Waals surface area contributed by atoms with Gasteiger partial charge in [0.25, 0.3) is 0 Å². The van der Waals surface area contributed by atoms with Gasteiger partial charge in [0.2, 0.25) is 0 Å². The Morgan fingerprint density at radius 1 is 1.31 bits per heavy atom. The van der Waals surface area contributed by atoms with Gasteiger partial charge in [-0.2, -0.15) is 0 Å².